The number of amides is 1. The molecule has 2 heterocycles. The number of rotatable bonds is 7. The Kier molecular flexibility index (Phi) is 5.37. The zero-order chi connectivity index (χ0) is 15.4. The molecule has 3 fully saturated rings. The topological polar surface area (TPSA) is 48.0 Å². The van der Waals surface area contributed by atoms with E-state index in [9.17, 15) is 4.79 Å². The molecule has 1 atom stereocenters. The third kappa shape index (κ3) is 4.21. The number of piperidine rings is 1. The van der Waals surface area contributed by atoms with Gasteiger partial charge in [-0.2, -0.15) is 0 Å². The molecule has 3 aliphatic rings. The fraction of sp³-hybridized carbons (Fsp3) is 0.941. The van der Waals surface area contributed by atoms with Gasteiger partial charge in [0.25, 0.3) is 0 Å². The van der Waals surface area contributed by atoms with Gasteiger partial charge in [-0.25, -0.2) is 0 Å². The summed E-state index contributed by atoms with van der Waals surface area (Å²) in [6.07, 6.45) is 6.10. The maximum Gasteiger partial charge on any atom is 0.248 e. The number of nitrogens with zero attached hydrogens (tertiary/aromatic N) is 1. The van der Waals surface area contributed by atoms with Crippen LogP contribution in [-0.4, -0.2) is 63.0 Å². The van der Waals surface area contributed by atoms with E-state index in [4.69, 9.17) is 14.2 Å². The molecule has 2 saturated heterocycles. The first-order valence-electron chi connectivity index (χ1n) is 8.76. The lowest BCUT2D eigenvalue weighted by atomic mass is 9.76. The van der Waals surface area contributed by atoms with Crippen molar-refractivity contribution in [2.75, 3.05) is 46.1 Å². The Morgan fingerprint density at radius 3 is 2.68 bits per heavy atom. The number of carbonyl (C=O) groups excluding carboxylic acids is 1. The molecular weight excluding hydrogens is 282 g/mol. The van der Waals surface area contributed by atoms with E-state index in [1.165, 1.54) is 12.8 Å². The SMILES string of the molecule is CCOCC(=O)N1CCC2(CC1)COC(COCC1CC1)C2. The summed E-state index contributed by atoms with van der Waals surface area (Å²) in [6, 6.07) is 0. The van der Waals surface area contributed by atoms with Gasteiger partial charge >= 0.3 is 0 Å². The lowest BCUT2D eigenvalue weighted by molar-refractivity contribution is -0.138. The van der Waals surface area contributed by atoms with Gasteiger partial charge in [-0.05, 0) is 50.4 Å². The minimum atomic E-state index is 0.125. The molecule has 3 rings (SSSR count). The van der Waals surface area contributed by atoms with Crippen molar-refractivity contribution in [2.45, 2.75) is 45.1 Å². The van der Waals surface area contributed by atoms with E-state index in [0.717, 1.165) is 58.1 Å². The van der Waals surface area contributed by atoms with E-state index in [1.807, 2.05) is 11.8 Å². The Labute approximate surface area is 133 Å². The van der Waals surface area contributed by atoms with Gasteiger partial charge in [0, 0.05) is 26.3 Å². The molecule has 0 aromatic carbocycles. The van der Waals surface area contributed by atoms with Gasteiger partial charge < -0.3 is 19.1 Å². The summed E-state index contributed by atoms with van der Waals surface area (Å²) >= 11 is 0. The zero-order valence-corrected chi connectivity index (χ0v) is 13.7. The predicted octanol–water partition coefficient (Wildman–Crippen LogP) is 1.85. The van der Waals surface area contributed by atoms with Crippen LogP contribution in [0.15, 0.2) is 0 Å². The highest BCUT2D eigenvalue weighted by atomic mass is 16.5. The quantitative estimate of drug-likeness (QED) is 0.720. The molecule has 1 unspecified atom stereocenters. The van der Waals surface area contributed by atoms with Crippen molar-refractivity contribution in [1.82, 2.24) is 4.90 Å². The summed E-state index contributed by atoms with van der Waals surface area (Å²) in [6.45, 7) is 6.89. The number of hydrogen-bond donors (Lipinski definition) is 0. The van der Waals surface area contributed by atoms with Gasteiger partial charge in [-0.15, -0.1) is 0 Å². The molecule has 1 spiro atoms. The van der Waals surface area contributed by atoms with E-state index in [1.54, 1.807) is 0 Å². The average Bonchev–Trinajstić information content (AvgIpc) is 3.28. The summed E-state index contributed by atoms with van der Waals surface area (Å²) in [7, 11) is 0. The molecule has 0 N–H and O–H groups in total. The van der Waals surface area contributed by atoms with Crippen molar-refractivity contribution in [2.24, 2.45) is 11.3 Å². The number of hydrogen-bond acceptors (Lipinski definition) is 4. The van der Waals surface area contributed by atoms with Crippen LogP contribution in [0.4, 0.5) is 0 Å². The lowest BCUT2D eigenvalue weighted by Crippen LogP contribution is -2.45. The van der Waals surface area contributed by atoms with Gasteiger partial charge in [-0.1, -0.05) is 0 Å². The molecule has 22 heavy (non-hydrogen) atoms. The van der Waals surface area contributed by atoms with Crippen molar-refractivity contribution in [1.29, 1.82) is 0 Å². The van der Waals surface area contributed by atoms with Crippen LogP contribution in [0.1, 0.15) is 39.0 Å². The molecule has 0 radical (unpaired) electrons. The highest BCUT2D eigenvalue weighted by molar-refractivity contribution is 5.77. The maximum absolute atomic E-state index is 12.0. The monoisotopic (exact) mass is 311 g/mol. The number of carbonyl (C=O) groups is 1. The molecule has 126 valence electrons. The zero-order valence-electron chi connectivity index (χ0n) is 13.7. The van der Waals surface area contributed by atoms with Gasteiger partial charge in [0.2, 0.25) is 5.91 Å². The van der Waals surface area contributed by atoms with E-state index in [0.29, 0.717) is 6.61 Å². The minimum absolute atomic E-state index is 0.125. The van der Waals surface area contributed by atoms with Crippen LogP contribution < -0.4 is 0 Å². The van der Waals surface area contributed by atoms with Crippen molar-refractivity contribution < 1.29 is 19.0 Å². The Balaban J connectivity index is 1.37. The van der Waals surface area contributed by atoms with Crippen molar-refractivity contribution in [3.8, 4) is 0 Å². The van der Waals surface area contributed by atoms with Gasteiger partial charge in [0.1, 0.15) is 6.61 Å². The highest BCUT2D eigenvalue weighted by Crippen LogP contribution is 2.42. The van der Waals surface area contributed by atoms with Crippen LogP contribution in [0.2, 0.25) is 0 Å². The fourth-order valence-corrected chi connectivity index (χ4v) is 3.51. The molecule has 5 nitrogen and oxygen atoms in total. The molecule has 0 aromatic heterocycles. The van der Waals surface area contributed by atoms with Gasteiger partial charge in [-0.3, -0.25) is 4.79 Å². The van der Waals surface area contributed by atoms with E-state index in [2.05, 4.69) is 0 Å². The Bertz CT molecular complexity index is 375. The second-order valence-electron chi connectivity index (χ2n) is 7.14. The summed E-state index contributed by atoms with van der Waals surface area (Å²) in [5.74, 6) is 0.940. The van der Waals surface area contributed by atoms with Crippen molar-refractivity contribution in [3.05, 3.63) is 0 Å². The lowest BCUT2D eigenvalue weighted by Gasteiger charge is -2.38. The fourth-order valence-electron chi connectivity index (χ4n) is 3.51. The molecule has 1 amide bonds. The molecule has 0 aromatic rings. The standard InChI is InChI=1S/C17H29NO4/c1-2-20-12-16(19)18-7-5-17(6-8-18)9-15(22-13-17)11-21-10-14-3-4-14/h14-15H,2-13H2,1H3. The minimum Gasteiger partial charge on any atom is -0.378 e. The van der Waals surface area contributed by atoms with E-state index >= 15 is 0 Å². The predicted molar refractivity (Wildman–Crippen MR) is 82.6 cm³/mol. The number of ether oxygens (including phenoxy) is 3. The first-order valence-corrected chi connectivity index (χ1v) is 8.76. The van der Waals surface area contributed by atoms with Crippen LogP contribution in [0, 0.1) is 11.3 Å². The number of likely N-dealkylation sites (tertiary alicyclic amines) is 1. The van der Waals surface area contributed by atoms with Crippen LogP contribution in [0.5, 0.6) is 0 Å². The first kappa shape index (κ1) is 16.2. The second-order valence-corrected chi connectivity index (χ2v) is 7.14. The normalized spacial score (nSPS) is 27.5. The van der Waals surface area contributed by atoms with Gasteiger partial charge in [0.05, 0.1) is 19.3 Å². The molecule has 0 bridgehead atoms. The summed E-state index contributed by atoms with van der Waals surface area (Å²) < 4.78 is 16.9. The molecule has 1 saturated carbocycles. The summed E-state index contributed by atoms with van der Waals surface area (Å²) in [5.41, 5.74) is 0.274. The Morgan fingerprint density at radius 1 is 1.23 bits per heavy atom. The maximum atomic E-state index is 12.0. The van der Waals surface area contributed by atoms with Crippen LogP contribution >= 0.6 is 0 Å². The summed E-state index contributed by atoms with van der Waals surface area (Å²) in [4.78, 5) is 13.9. The van der Waals surface area contributed by atoms with Crippen molar-refractivity contribution >= 4 is 5.91 Å². The van der Waals surface area contributed by atoms with Crippen LogP contribution in [0.25, 0.3) is 0 Å². The second kappa shape index (κ2) is 7.28. The molecule has 5 heteroatoms. The average molecular weight is 311 g/mol. The Hall–Kier alpha value is -0.650. The smallest absolute Gasteiger partial charge is 0.248 e. The van der Waals surface area contributed by atoms with Crippen molar-refractivity contribution in [3.63, 3.8) is 0 Å². The largest absolute Gasteiger partial charge is 0.378 e. The molecule has 1 aliphatic carbocycles. The van der Waals surface area contributed by atoms with Crippen LogP contribution in [0.3, 0.4) is 0 Å². The first-order chi connectivity index (χ1) is 10.7. The Morgan fingerprint density at radius 2 is 2.00 bits per heavy atom. The van der Waals surface area contributed by atoms with E-state index in [-0.39, 0.29) is 24.0 Å². The third-order valence-electron chi connectivity index (χ3n) is 5.25. The summed E-state index contributed by atoms with van der Waals surface area (Å²) in [5, 5.41) is 0. The highest BCUT2D eigenvalue weighted by Gasteiger charge is 2.43. The van der Waals surface area contributed by atoms with E-state index < -0.39 is 0 Å². The third-order valence-corrected chi connectivity index (χ3v) is 5.25. The van der Waals surface area contributed by atoms with Gasteiger partial charge in [0.15, 0.2) is 0 Å². The molecular formula is C17H29NO4. The molecule has 2 aliphatic heterocycles. The van der Waals surface area contributed by atoms with Crippen LogP contribution in [-0.2, 0) is 19.0 Å².